The van der Waals surface area contributed by atoms with Crippen LogP contribution in [-0.4, -0.2) is 20.2 Å². The molecule has 0 bridgehead atoms. The Labute approximate surface area is 149 Å². The number of benzene rings is 1. The van der Waals surface area contributed by atoms with Gasteiger partial charge in [-0.25, -0.2) is 9.97 Å². The molecule has 0 fully saturated rings. The number of rotatable bonds is 5. The van der Waals surface area contributed by atoms with Crippen molar-refractivity contribution in [3.05, 3.63) is 65.2 Å². The second-order valence-electron chi connectivity index (χ2n) is 5.26. The fraction of sp³-hybridized carbons (Fsp3) is 0.250. The Morgan fingerprint density at radius 1 is 1.00 bits per heavy atom. The molecule has 3 rings (SSSR count). The second-order valence-corrected chi connectivity index (χ2v) is 5.26. The molecule has 0 unspecified atom stereocenters. The van der Waals surface area contributed by atoms with E-state index in [2.05, 4.69) is 32.4 Å². The fourth-order valence-electron chi connectivity index (χ4n) is 2.19. The van der Waals surface area contributed by atoms with Gasteiger partial charge in [0.05, 0.1) is 0 Å². The molecule has 0 saturated heterocycles. The summed E-state index contributed by atoms with van der Waals surface area (Å²) in [6.45, 7) is 8.04. The van der Waals surface area contributed by atoms with Crippen LogP contribution in [0.5, 0.6) is 0 Å². The Balaban J connectivity index is 0.00000109. The molecule has 2 heterocycles. The Hall–Kier alpha value is -2.95. The molecule has 5 heteroatoms. The monoisotopic (exact) mass is 335 g/mol. The van der Waals surface area contributed by atoms with E-state index in [1.54, 1.807) is 0 Å². The lowest BCUT2D eigenvalue weighted by Gasteiger charge is -2.05. The van der Waals surface area contributed by atoms with Crippen molar-refractivity contribution >= 4 is 23.8 Å². The molecule has 0 aliphatic heterocycles. The number of anilines is 2. The van der Waals surface area contributed by atoms with Crippen molar-refractivity contribution < 1.29 is 0 Å². The van der Waals surface area contributed by atoms with Gasteiger partial charge in [-0.05, 0) is 25.0 Å². The van der Waals surface area contributed by atoms with Crippen LogP contribution in [0.15, 0.2) is 42.5 Å². The van der Waals surface area contributed by atoms with Gasteiger partial charge >= 0.3 is 0 Å². The third-order valence-electron chi connectivity index (χ3n) is 3.35. The molecule has 0 radical (unpaired) electrons. The van der Waals surface area contributed by atoms with Crippen molar-refractivity contribution in [3.63, 3.8) is 0 Å². The number of hydrogen-bond acceptors (Lipinski definition) is 4. The third kappa shape index (κ3) is 5.57. The zero-order valence-electron chi connectivity index (χ0n) is 15.2. The standard InChI is InChI=1S/C18H19N5.C2H6/c1-3-15-12-17(21-18-11-13(2)22-23-18)20-16(19-15)10-9-14-7-5-4-6-8-14;1-2/h4-12H,3H2,1-2H3,(H2,19,20,21,22,23);1-2H3/b10-9+;. The van der Waals surface area contributed by atoms with Gasteiger partial charge in [0.2, 0.25) is 0 Å². The maximum atomic E-state index is 4.55. The maximum absolute atomic E-state index is 4.55. The number of nitrogens with one attached hydrogen (secondary N) is 2. The predicted octanol–water partition coefficient (Wildman–Crippen LogP) is 5.01. The Morgan fingerprint density at radius 3 is 2.40 bits per heavy atom. The predicted molar refractivity (Wildman–Crippen MR) is 105 cm³/mol. The largest absolute Gasteiger partial charge is 0.323 e. The summed E-state index contributed by atoms with van der Waals surface area (Å²) in [6, 6.07) is 14.0. The molecule has 2 N–H and O–H groups in total. The minimum Gasteiger partial charge on any atom is -0.323 e. The molecular weight excluding hydrogens is 310 g/mol. The van der Waals surface area contributed by atoms with Crippen LogP contribution in [0.1, 0.15) is 43.5 Å². The quantitative estimate of drug-likeness (QED) is 0.688. The molecule has 5 nitrogen and oxygen atoms in total. The van der Waals surface area contributed by atoms with E-state index >= 15 is 0 Å². The zero-order chi connectivity index (χ0) is 18.1. The molecule has 25 heavy (non-hydrogen) atoms. The van der Waals surface area contributed by atoms with E-state index < -0.39 is 0 Å². The topological polar surface area (TPSA) is 66.5 Å². The number of aromatic nitrogens is 4. The third-order valence-corrected chi connectivity index (χ3v) is 3.35. The van der Waals surface area contributed by atoms with E-state index in [9.17, 15) is 0 Å². The van der Waals surface area contributed by atoms with Crippen molar-refractivity contribution in [3.8, 4) is 0 Å². The van der Waals surface area contributed by atoms with Crippen LogP contribution in [0, 0.1) is 6.92 Å². The normalized spacial score (nSPS) is 10.4. The van der Waals surface area contributed by atoms with Gasteiger partial charge in [-0.1, -0.05) is 57.2 Å². The van der Waals surface area contributed by atoms with Crippen LogP contribution in [0.2, 0.25) is 0 Å². The minimum atomic E-state index is 0.683. The lowest BCUT2D eigenvalue weighted by molar-refractivity contribution is 0.985. The van der Waals surface area contributed by atoms with E-state index in [0.717, 1.165) is 35.0 Å². The molecule has 0 aliphatic rings. The number of aryl methyl sites for hydroxylation is 2. The van der Waals surface area contributed by atoms with E-state index in [-0.39, 0.29) is 0 Å². The number of aromatic amines is 1. The summed E-state index contributed by atoms with van der Waals surface area (Å²) in [4.78, 5) is 9.09. The van der Waals surface area contributed by atoms with Gasteiger partial charge < -0.3 is 5.32 Å². The summed E-state index contributed by atoms with van der Waals surface area (Å²) in [5.41, 5.74) is 3.11. The first-order chi connectivity index (χ1) is 12.2. The summed E-state index contributed by atoms with van der Waals surface area (Å²) >= 11 is 0. The van der Waals surface area contributed by atoms with Crippen LogP contribution >= 0.6 is 0 Å². The van der Waals surface area contributed by atoms with Crippen molar-refractivity contribution in [1.29, 1.82) is 0 Å². The first-order valence-electron chi connectivity index (χ1n) is 8.63. The van der Waals surface area contributed by atoms with Gasteiger partial charge in [0.25, 0.3) is 0 Å². The SMILES string of the molecule is CC.CCc1cc(Nc2cc(C)[nH]n2)nc(/C=C/c2ccccc2)n1. The van der Waals surface area contributed by atoms with Crippen LogP contribution < -0.4 is 5.32 Å². The number of H-pyrrole nitrogens is 1. The van der Waals surface area contributed by atoms with E-state index in [4.69, 9.17) is 0 Å². The van der Waals surface area contributed by atoms with Crippen molar-refractivity contribution in [2.45, 2.75) is 34.1 Å². The maximum Gasteiger partial charge on any atom is 0.154 e. The molecule has 130 valence electrons. The lowest BCUT2D eigenvalue weighted by atomic mass is 10.2. The Bertz CT molecular complexity index is 806. The summed E-state index contributed by atoms with van der Waals surface area (Å²) in [5, 5.41) is 10.3. The number of nitrogens with zero attached hydrogens (tertiary/aromatic N) is 3. The van der Waals surface area contributed by atoms with Gasteiger partial charge in [0, 0.05) is 23.5 Å². The first kappa shape index (κ1) is 18.4. The molecule has 0 saturated carbocycles. The molecule has 1 aromatic carbocycles. The molecule has 2 aromatic heterocycles. The highest BCUT2D eigenvalue weighted by atomic mass is 15.2. The highest BCUT2D eigenvalue weighted by Crippen LogP contribution is 2.15. The molecule has 0 spiro atoms. The zero-order valence-corrected chi connectivity index (χ0v) is 15.2. The lowest BCUT2D eigenvalue weighted by Crippen LogP contribution is -2.00. The molecular formula is C20H25N5. The molecule has 0 atom stereocenters. The average Bonchev–Trinajstić information content (AvgIpc) is 3.07. The smallest absolute Gasteiger partial charge is 0.154 e. The minimum absolute atomic E-state index is 0.683. The van der Waals surface area contributed by atoms with Crippen LogP contribution in [-0.2, 0) is 6.42 Å². The summed E-state index contributed by atoms with van der Waals surface area (Å²) < 4.78 is 0. The molecule has 3 aromatic rings. The van der Waals surface area contributed by atoms with Gasteiger partial charge in [-0.2, -0.15) is 5.10 Å². The van der Waals surface area contributed by atoms with Crippen molar-refractivity contribution in [2.75, 3.05) is 5.32 Å². The van der Waals surface area contributed by atoms with E-state index in [0.29, 0.717) is 5.82 Å². The Morgan fingerprint density at radius 2 is 1.76 bits per heavy atom. The van der Waals surface area contributed by atoms with Crippen molar-refractivity contribution in [2.24, 2.45) is 0 Å². The highest BCUT2D eigenvalue weighted by Gasteiger charge is 2.04. The highest BCUT2D eigenvalue weighted by molar-refractivity contribution is 5.67. The van der Waals surface area contributed by atoms with Crippen LogP contribution in [0.4, 0.5) is 11.6 Å². The summed E-state index contributed by atoms with van der Waals surface area (Å²) in [6.07, 6.45) is 4.79. The van der Waals surface area contributed by atoms with Crippen LogP contribution in [0.25, 0.3) is 12.2 Å². The molecule has 0 amide bonds. The van der Waals surface area contributed by atoms with Gasteiger partial charge in [-0.15, -0.1) is 0 Å². The summed E-state index contributed by atoms with van der Waals surface area (Å²) in [5.74, 6) is 2.18. The van der Waals surface area contributed by atoms with E-state index in [1.807, 2.05) is 75.4 Å². The first-order valence-corrected chi connectivity index (χ1v) is 8.63. The molecule has 0 aliphatic carbocycles. The summed E-state index contributed by atoms with van der Waals surface area (Å²) in [7, 11) is 0. The number of hydrogen-bond donors (Lipinski definition) is 2. The van der Waals surface area contributed by atoms with Gasteiger partial charge in [0.15, 0.2) is 11.6 Å². The second kappa shape index (κ2) is 9.37. The van der Waals surface area contributed by atoms with Gasteiger partial charge in [-0.3, -0.25) is 5.10 Å². The van der Waals surface area contributed by atoms with Crippen LogP contribution in [0.3, 0.4) is 0 Å². The fourth-order valence-corrected chi connectivity index (χ4v) is 2.19. The average molecular weight is 335 g/mol. The van der Waals surface area contributed by atoms with E-state index in [1.165, 1.54) is 0 Å². The Kier molecular flexibility index (Phi) is 6.89. The van der Waals surface area contributed by atoms with Crippen molar-refractivity contribution in [1.82, 2.24) is 20.2 Å². The van der Waals surface area contributed by atoms with Gasteiger partial charge in [0.1, 0.15) is 5.82 Å².